The first-order valence-electron chi connectivity index (χ1n) is 5.64. The molecule has 2 aromatic rings. The molecule has 1 aromatic heterocycles. The Morgan fingerprint density at radius 2 is 1.61 bits per heavy atom. The van der Waals surface area contributed by atoms with E-state index in [0.717, 1.165) is 5.75 Å². The first-order valence-corrected chi connectivity index (χ1v) is 6.63. The fourth-order valence-electron chi connectivity index (χ4n) is 1.74. The summed E-state index contributed by atoms with van der Waals surface area (Å²) in [6.07, 6.45) is 0. The summed E-state index contributed by atoms with van der Waals surface area (Å²) in [5, 5.41) is 0.621. The van der Waals surface area contributed by atoms with Crippen molar-refractivity contribution < 1.29 is 0 Å². The summed E-state index contributed by atoms with van der Waals surface area (Å²) in [4.78, 5) is 8.32. The van der Waals surface area contributed by atoms with E-state index in [-0.39, 0.29) is 0 Å². The molecule has 0 bridgehead atoms. The van der Waals surface area contributed by atoms with Crippen molar-refractivity contribution >= 4 is 23.4 Å². The van der Waals surface area contributed by atoms with Crippen LogP contribution < -0.4 is 11.5 Å². The maximum atomic E-state index is 5.64. The lowest BCUT2D eigenvalue weighted by atomic mass is 10.1. The van der Waals surface area contributed by atoms with Crippen LogP contribution >= 0.6 is 11.8 Å². The van der Waals surface area contributed by atoms with E-state index in [4.69, 9.17) is 11.5 Å². The second-order valence-corrected chi connectivity index (χ2v) is 5.10. The van der Waals surface area contributed by atoms with E-state index in [9.17, 15) is 0 Å². The van der Waals surface area contributed by atoms with Crippen molar-refractivity contribution in [2.45, 2.75) is 24.8 Å². The number of nitrogen functional groups attached to an aromatic ring is 2. The monoisotopic (exact) mass is 260 g/mol. The van der Waals surface area contributed by atoms with Gasteiger partial charge >= 0.3 is 0 Å². The van der Waals surface area contributed by atoms with E-state index in [1.165, 1.54) is 16.7 Å². The molecule has 0 amide bonds. The van der Waals surface area contributed by atoms with Gasteiger partial charge in [-0.05, 0) is 30.5 Å². The van der Waals surface area contributed by atoms with Crippen molar-refractivity contribution in [2.75, 3.05) is 11.5 Å². The van der Waals surface area contributed by atoms with Crippen molar-refractivity contribution in [3.05, 3.63) is 41.0 Å². The summed E-state index contributed by atoms with van der Waals surface area (Å²) in [5.41, 5.74) is 15.2. The SMILES string of the molecule is Cc1cccc(C)c1CSc1nc(N)cc(N)n1. The van der Waals surface area contributed by atoms with E-state index < -0.39 is 0 Å². The minimum atomic E-state index is 0.409. The van der Waals surface area contributed by atoms with Gasteiger partial charge in [-0.15, -0.1) is 0 Å². The van der Waals surface area contributed by atoms with Crippen LogP contribution in [0.3, 0.4) is 0 Å². The van der Waals surface area contributed by atoms with Gasteiger partial charge in [0.2, 0.25) is 0 Å². The lowest BCUT2D eigenvalue weighted by Crippen LogP contribution is -2.00. The molecule has 18 heavy (non-hydrogen) atoms. The second kappa shape index (κ2) is 5.27. The molecule has 94 valence electrons. The highest BCUT2D eigenvalue weighted by Gasteiger charge is 2.06. The summed E-state index contributed by atoms with van der Waals surface area (Å²) in [6.45, 7) is 4.22. The molecule has 0 saturated carbocycles. The standard InChI is InChI=1S/C13H16N4S/c1-8-4-3-5-9(2)10(8)7-18-13-16-11(14)6-12(15)17-13/h3-6H,7H2,1-2H3,(H4,14,15,16,17). The van der Waals surface area contributed by atoms with Crippen molar-refractivity contribution in [1.82, 2.24) is 9.97 Å². The zero-order valence-corrected chi connectivity index (χ0v) is 11.3. The molecule has 1 heterocycles. The highest BCUT2D eigenvalue weighted by Crippen LogP contribution is 2.24. The maximum absolute atomic E-state index is 5.64. The number of hydrogen-bond acceptors (Lipinski definition) is 5. The van der Waals surface area contributed by atoms with Gasteiger partial charge in [0, 0.05) is 11.8 Å². The molecule has 0 unspecified atom stereocenters. The lowest BCUT2D eigenvalue weighted by Gasteiger charge is -2.08. The Labute approximate surface area is 111 Å². The van der Waals surface area contributed by atoms with E-state index in [2.05, 4.69) is 42.0 Å². The van der Waals surface area contributed by atoms with Crippen LogP contribution in [0.15, 0.2) is 29.4 Å². The summed E-state index contributed by atoms with van der Waals surface area (Å²) in [7, 11) is 0. The van der Waals surface area contributed by atoms with Gasteiger partial charge < -0.3 is 11.5 Å². The Kier molecular flexibility index (Phi) is 3.72. The smallest absolute Gasteiger partial charge is 0.191 e. The van der Waals surface area contributed by atoms with Crippen LogP contribution in [-0.2, 0) is 5.75 Å². The van der Waals surface area contributed by atoms with E-state index >= 15 is 0 Å². The summed E-state index contributed by atoms with van der Waals surface area (Å²) < 4.78 is 0. The third-order valence-electron chi connectivity index (χ3n) is 2.74. The summed E-state index contributed by atoms with van der Waals surface area (Å²) >= 11 is 1.55. The zero-order chi connectivity index (χ0) is 13.1. The Bertz CT molecular complexity index is 528. The number of aromatic nitrogens is 2. The third kappa shape index (κ3) is 2.92. The van der Waals surface area contributed by atoms with Crippen molar-refractivity contribution in [2.24, 2.45) is 0 Å². The molecule has 4 N–H and O–H groups in total. The average molecular weight is 260 g/mol. The first-order chi connectivity index (χ1) is 8.56. The highest BCUT2D eigenvalue weighted by atomic mass is 32.2. The van der Waals surface area contributed by atoms with Crippen LogP contribution in [-0.4, -0.2) is 9.97 Å². The number of nitrogens with zero attached hydrogens (tertiary/aromatic N) is 2. The number of benzene rings is 1. The van der Waals surface area contributed by atoms with Crippen molar-refractivity contribution in [3.8, 4) is 0 Å². The molecule has 5 heteroatoms. The van der Waals surface area contributed by atoms with Crippen LogP contribution in [0.4, 0.5) is 11.6 Å². The number of rotatable bonds is 3. The third-order valence-corrected chi connectivity index (χ3v) is 3.61. The molecule has 0 aliphatic heterocycles. The first kappa shape index (κ1) is 12.7. The van der Waals surface area contributed by atoms with Crippen LogP contribution in [0.5, 0.6) is 0 Å². The van der Waals surface area contributed by atoms with E-state index in [1.807, 2.05) is 0 Å². The molecule has 0 radical (unpaired) electrons. The van der Waals surface area contributed by atoms with E-state index in [0.29, 0.717) is 16.8 Å². The van der Waals surface area contributed by atoms with E-state index in [1.54, 1.807) is 17.8 Å². The van der Waals surface area contributed by atoms with Gasteiger partial charge in [-0.1, -0.05) is 30.0 Å². The topological polar surface area (TPSA) is 77.8 Å². The van der Waals surface area contributed by atoms with Crippen LogP contribution in [0.2, 0.25) is 0 Å². The number of anilines is 2. The average Bonchev–Trinajstić information content (AvgIpc) is 2.27. The van der Waals surface area contributed by atoms with Crippen LogP contribution in [0.25, 0.3) is 0 Å². The largest absolute Gasteiger partial charge is 0.383 e. The van der Waals surface area contributed by atoms with Gasteiger partial charge in [-0.3, -0.25) is 0 Å². The van der Waals surface area contributed by atoms with Gasteiger partial charge in [-0.2, -0.15) is 0 Å². The molecule has 0 aliphatic carbocycles. The quantitative estimate of drug-likeness (QED) is 0.655. The van der Waals surface area contributed by atoms with Gasteiger partial charge in [0.1, 0.15) is 11.6 Å². The van der Waals surface area contributed by atoms with Gasteiger partial charge in [0.25, 0.3) is 0 Å². The van der Waals surface area contributed by atoms with Crippen LogP contribution in [0.1, 0.15) is 16.7 Å². The Hall–Kier alpha value is -1.75. The molecule has 0 spiro atoms. The Morgan fingerprint density at radius 3 is 2.17 bits per heavy atom. The number of nitrogens with two attached hydrogens (primary N) is 2. The van der Waals surface area contributed by atoms with Crippen LogP contribution in [0, 0.1) is 13.8 Å². The minimum Gasteiger partial charge on any atom is -0.383 e. The molecule has 2 rings (SSSR count). The maximum Gasteiger partial charge on any atom is 0.191 e. The Morgan fingerprint density at radius 1 is 1.06 bits per heavy atom. The number of thioether (sulfide) groups is 1. The molecule has 4 nitrogen and oxygen atoms in total. The molecule has 1 aromatic carbocycles. The number of aryl methyl sites for hydroxylation is 2. The van der Waals surface area contributed by atoms with Crippen molar-refractivity contribution in [3.63, 3.8) is 0 Å². The number of hydrogen-bond donors (Lipinski definition) is 2. The normalized spacial score (nSPS) is 10.6. The molecule has 0 saturated heterocycles. The molecule has 0 atom stereocenters. The summed E-state index contributed by atoms with van der Waals surface area (Å²) in [5.74, 6) is 1.64. The minimum absolute atomic E-state index is 0.409. The fourth-order valence-corrected chi connectivity index (χ4v) is 2.81. The molecule has 0 fully saturated rings. The van der Waals surface area contributed by atoms with Gasteiger partial charge in [0.05, 0.1) is 0 Å². The highest BCUT2D eigenvalue weighted by molar-refractivity contribution is 7.98. The Balaban J connectivity index is 2.16. The predicted molar refractivity (Wildman–Crippen MR) is 76.3 cm³/mol. The van der Waals surface area contributed by atoms with Gasteiger partial charge in [-0.25, -0.2) is 9.97 Å². The fraction of sp³-hybridized carbons (Fsp3) is 0.231. The molecule has 0 aliphatic rings. The second-order valence-electron chi connectivity index (χ2n) is 4.16. The van der Waals surface area contributed by atoms with Crippen molar-refractivity contribution in [1.29, 1.82) is 0 Å². The molecular weight excluding hydrogens is 244 g/mol. The predicted octanol–water partition coefficient (Wildman–Crippen LogP) is 2.55. The lowest BCUT2D eigenvalue weighted by molar-refractivity contribution is 0.983. The zero-order valence-electron chi connectivity index (χ0n) is 10.5. The van der Waals surface area contributed by atoms with Gasteiger partial charge in [0.15, 0.2) is 5.16 Å². The summed E-state index contributed by atoms with van der Waals surface area (Å²) in [6, 6.07) is 7.84. The molecular formula is C13H16N4S.